The summed E-state index contributed by atoms with van der Waals surface area (Å²) in [5.74, 6) is 0.987. The first-order valence-corrected chi connectivity index (χ1v) is 8.73. The molecule has 0 atom stereocenters. The third-order valence-corrected chi connectivity index (χ3v) is 5.67. The highest BCUT2D eigenvalue weighted by atomic mass is 35.5. The van der Waals surface area contributed by atoms with Crippen molar-refractivity contribution in [2.24, 2.45) is 0 Å². The molecular formula is C11H15ClN4S3. The van der Waals surface area contributed by atoms with Crippen LogP contribution in [0.4, 0.5) is 5.13 Å². The highest BCUT2D eigenvalue weighted by Crippen LogP contribution is 2.26. The lowest BCUT2D eigenvalue weighted by Gasteiger charge is -2.03. The van der Waals surface area contributed by atoms with Crippen LogP contribution in [-0.2, 0) is 6.54 Å². The van der Waals surface area contributed by atoms with Crippen LogP contribution in [-0.4, -0.2) is 36.6 Å². The molecule has 2 aromatic heterocycles. The number of thioether (sulfide) groups is 1. The molecule has 2 aromatic rings. The van der Waals surface area contributed by atoms with E-state index >= 15 is 0 Å². The predicted octanol–water partition coefficient (Wildman–Crippen LogP) is 3.20. The molecule has 0 unspecified atom stereocenters. The van der Waals surface area contributed by atoms with Gasteiger partial charge in [0.2, 0.25) is 5.13 Å². The zero-order valence-corrected chi connectivity index (χ0v) is 13.9. The first-order chi connectivity index (χ1) is 9.15. The summed E-state index contributed by atoms with van der Waals surface area (Å²) < 4.78 is 1.86. The van der Waals surface area contributed by atoms with Crippen molar-refractivity contribution in [1.82, 2.24) is 15.5 Å². The fraction of sp³-hybridized carbons (Fsp3) is 0.455. The second-order valence-corrected chi connectivity index (χ2v) is 8.07. The van der Waals surface area contributed by atoms with E-state index in [2.05, 4.69) is 21.6 Å². The Morgan fingerprint density at radius 2 is 2.16 bits per heavy atom. The molecule has 0 amide bonds. The van der Waals surface area contributed by atoms with E-state index in [0.29, 0.717) is 0 Å². The predicted molar refractivity (Wildman–Crippen MR) is 86.0 cm³/mol. The molecule has 19 heavy (non-hydrogen) atoms. The van der Waals surface area contributed by atoms with Gasteiger partial charge in [0.15, 0.2) is 4.34 Å². The van der Waals surface area contributed by atoms with Gasteiger partial charge in [0, 0.05) is 37.8 Å². The molecule has 2 rings (SSSR count). The molecule has 0 saturated carbocycles. The molecule has 0 aliphatic carbocycles. The number of hydrogen-bond donors (Lipinski definition) is 1. The first kappa shape index (κ1) is 15.1. The molecule has 0 aliphatic rings. The zero-order chi connectivity index (χ0) is 13.7. The summed E-state index contributed by atoms with van der Waals surface area (Å²) in [5, 5.41) is 12.6. The van der Waals surface area contributed by atoms with Crippen LogP contribution in [0.2, 0.25) is 4.34 Å². The number of halogens is 1. The van der Waals surface area contributed by atoms with Crippen molar-refractivity contribution < 1.29 is 0 Å². The monoisotopic (exact) mass is 334 g/mol. The number of aromatic nitrogens is 2. The number of thiophene rings is 1. The Balaban J connectivity index is 1.63. The molecular weight excluding hydrogens is 320 g/mol. The molecule has 104 valence electrons. The van der Waals surface area contributed by atoms with Gasteiger partial charge in [-0.15, -0.1) is 21.5 Å². The van der Waals surface area contributed by atoms with Gasteiger partial charge in [-0.3, -0.25) is 0 Å². The fourth-order valence-electron chi connectivity index (χ4n) is 1.31. The lowest BCUT2D eigenvalue weighted by molar-refractivity contribution is 0.741. The Bertz CT molecular complexity index is 512. The van der Waals surface area contributed by atoms with Gasteiger partial charge < -0.3 is 10.2 Å². The van der Waals surface area contributed by atoms with Crippen molar-refractivity contribution in [3.05, 3.63) is 21.3 Å². The summed E-state index contributed by atoms with van der Waals surface area (Å²) in [4.78, 5) is 3.24. The molecule has 1 N–H and O–H groups in total. The van der Waals surface area contributed by atoms with E-state index in [1.54, 1.807) is 34.4 Å². The minimum absolute atomic E-state index is 0.844. The Morgan fingerprint density at radius 1 is 1.32 bits per heavy atom. The topological polar surface area (TPSA) is 41.1 Å². The summed E-state index contributed by atoms with van der Waals surface area (Å²) in [7, 11) is 3.95. The van der Waals surface area contributed by atoms with Gasteiger partial charge in [0.25, 0.3) is 0 Å². The quantitative estimate of drug-likeness (QED) is 0.622. The van der Waals surface area contributed by atoms with Crippen molar-refractivity contribution in [3.8, 4) is 0 Å². The van der Waals surface area contributed by atoms with Gasteiger partial charge in [0.1, 0.15) is 0 Å². The Hall–Kier alpha value is -0.340. The first-order valence-electron chi connectivity index (χ1n) is 5.73. The van der Waals surface area contributed by atoms with Crippen molar-refractivity contribution in [1.29, 1.82) is 0 Å². The van der Waals surface area contributed by atoms with Crippen LogP contribution in [0.3, 0.4) is 0 Å². The van der Waals surface area contributed by atoms with E-state index in [-0.39, 0.29) is 0 Å². The summed E-state index contributed by atoms with van der Waals surface area (Å²) in [6, 6.07) is 3.99. The van der Waals surface area contributed by atoms with Gasteiger partial charge in [0.05, 0.1) is 4.34 Å². The Labute approximate surface area is 130 Å². The molecule has 0 aromatic carbocycles. The summed E-state index contributed by atoms with van der Waals surface area (Å²) in [6.07, 6.45) is 0. The highest BCUT2D eigenvalue weighted by Gasteiger charge is 2.05. The normalized spacial score (nSPS) is 10.9. The van der Waals surface area contributed by atoms with E-state index < -0.39 is 0 Å². The third kappa shape index (κ3) is 4.92. The highest BCUT2D eigenvalue weighted by molar-refractivity contribution is 8.01. The largest absolute Gasteiger partial charge is 0.353 e. The molecule has 0 saturated heterocycles. The second-order valence-electron chi connectivity index (χ2n) is 3.98. The van der Waals surface area contributed by atoms with Gasteiger partial charge in [-0.1, -0.05) is 34.7 Å². The molecule has 4 nitrogen and oxygen atoms in total. The number of rotatable bonds is 7. The van der Waals surface area contributed by atoms with Crippen molar-refractivity contribution >= 4 is 51.2 Å². The van der Waals surface area contributed by atoms with Gasteiger partial charge >= 0.3 is 0 Å². The molecule has 2 heterocycles. The SMILES string of the molecule is CN(C)c1nnc(SCCNCc2ccc(Cl)s2)s1. The van der Waals surface area contributed by atoms with Crippen LogP contribution >= 0.6 is 46.0 Å². The van der Waals surface area contributed by atoms with Crippen molar-refractivity contribution in [2.75, 3.05) is 31.3 Å². The number of nitrogens with one attached hydrogen (secondary N) is 1. The maximum Gasteiger partial charge on any atom is 0.208 e. The van der Waals surface area contributed by atoms with Crippen LogP contribution in [0.5, 0.6) is 0 Å². The van der Waals surface area contributed by atoms with Crippen LogP contribution in [0, 0.1) is 0 Å². The lowest BCUT2D eigenvalue weighted by atomic mass is 10.4. The van der Waals surface area contributed by atoms with Crippen LogP contribution < -0.4 is 10.2 Å². The van der Waals surface area contributed by atoms with Crippen molar-refractivity contribution in [3.63, 3.8) is 0 Å². The summed E-state index contributed by atoms with van der Waals surface area (Å²) >= 11 is 10.9. The standard InChI is InChI=1S/C11H15ClN4S3/c1-16(2)10-14-15-11(19-10)17-6-5-13-7-8-3-4-9(12)18-8/h3-4,13H,5-7H2,1-2H3. The van der Waals surface area contributed by atoms with E-state index in [4.69, 9.17) is 11.6 Å². The third-order valence-electron chi connectivity index (χ3n) is 2.21. The van der Waals surface area contributed by atoms with Crippen molar-refractivity contribution in [2.45, 2.75) is 10.9 Å². The molecule has 0 radical (unpaired) electrons. The molecule has 0 bridgehead atoms. The lowest BCUT2D eigenvalue weighted by Crippen LogP contribution is -2.15. The maximum atomic E-state index is 5.88. The van der Waals surface area contributed by atoms with Gasteiger partial charge in [-0.2, -0.15) is 0 Å². The smallest absolute Gasteiger partial charge is 0.208 e. The molecule has 0 fully saturated rings. The molecule has 8 heteroatoms. The van der Waals surface area contributed by atoms with Gasteiger partial charge in [-0.25, -0.2) is 0 Å². The van der Waals surface area contributed by atoms with E-state index in [1.165, 1.54) is 4.88 Å². The van der Waals surface area contributed by atoms with E-state index in [9.17, 15) is 0 Å². The molecule has 0 spiro atoms. The summed E-state index contributed by atoms with van der Waals surface area (Å²) in [5.41, 5.74) is 0. The fourth-order valence-corrected chi connectivity index (χ4v) is 4.10. The average Bonchev–Trinajstić information content (AvgIpc) is 2.98. The minimum atomic E-state index is 0.844. The molecule has 0 aliphatic heterocycles. The Morgan fingerprint density at radius 3 is 2.79 bits per heavy atom. The maximum absolute atomic E-state index is 5.88. The van der Waals surface area contributed by atoms with Gasteiger partial charge in [-0.05, 0) is 12.1 Å². The zero-order valence-electron chi connectivity index (χ0n) is 10.7. The van der Waals surface area contributed by atoms with Crippen LogP contribution in [0.25, 0.3) is 0 Å². The number of anilines is 1. The minimum Gasteiger partial charge on any atom is -0.353 e. The Kier molecular flexibility index (Phi) is 5.90. The summed E-state index contributed by atoms with van der Waals surface area (Å²) in [6.45, 7) is 1.81. The second kappa shape index (κ2) is 7.44. The number of nitrogens with zero attached hydrogens (tertiary/aromatic N) is 3. The van der Waals surface area contributed by atoms with E-state index in [0.717, 1.165) is 32.6 Å². The van der Waals surface area contributed by atoms with Crippen LogP contribution in [0.1, 0.15) is 4.88 Å². The van der Waals surface area contributed by atoms with E-state index in [1.807, 2.05) is 25.1 Å². The number of hydrogen-bond acceptors (Lipinski definition) is 7. The average molecular weight is 335 g/mol. The van der Waals surface area contributed by atoms with Crippen LogP contribution in [0.15, 0.2) is 16.5 Å².